The van der Waals surface area contributed by atoms with Crippen molar-refractivity contribution < 1.29 is 4.42 Å². The molecule has 0 amide bonds. The van der Waals surface area contributed by atoms with Gasteiger partial charge in [0.1, 0.15) is 0 Å². The van der Waals surface area contributed by atoms with Crippen LogP contribution in [0.5, 0.6) is 0 Å². The molecule has 4 aromatic rings. The predicted molar refractivity (Wildman–Crippen MR) is 79.0 cm³/mol. The number of benzene rings is 2. The molecule has 2 heterocycles. The number of H-pyrrole nitrogens is 1. The van der Waals surface area contributed by atoms with Crippen molar-refractivity contribution >= 4 is 37.7 Å². The number of imidazole rings is 1. The van der Waals surface area contributed by atoms with Crippen molar-refractivity contribution in [2.75, 3.05) is 0 Å². The molecule has 19 heavy (non-hydrogen) atoms. The average molecular weight is 313 g/mol. The van der Waals surface area contributed by atoms with Crippen molar-refractivity contribution in [1.82, 2.24) is 9.97 Å². The summed E-state index contributed by atoms with van der Waals surface area (Å²) in [5.41, 5.74) is 1.99. The standard InChI is InChI=1S/C15H9BrN2O/c16-13-8-7-12(19-13)15-17-11-6-5-9-3-1-2-4-10(9)14(11)18-15/h1-8H,(H,17,18). The van der Waals surface area contributed by atoms with E-state index < -0.39 is 0 Å². The highest BCUT2D eigenvalue weighted by Gasteiger charge is 2.10. The lowest BCUT2D eigenvalue weighted by Gasteiger charge is -1.96. The van der Waals surface area contributed by atoms with Crippen LogP contribution >= 0.6 is 15.9 Å². The van der Waals surface area contributed by atoms with Crippen molar-refractivity contribution in [2.24, 2.45) is 0 Å². The fourth-order valence-corrected chi connectivity index (χ4v) is 2.61. The van der Waals surface area contributed by atoms with E-state index in [1.54, 1.807) is 0 Å². The highest BCUT2D eigenvalue weighted by atomic mass is 79.9. The molecule has 4 rings (SSSR count). The predicted octanol–water partition coefficient (Wildman–Crippen LogP) is 4.74. The molecule has 92 valence electrons. The molecule has 3 nitrogen and oxygen atoms in total. The first-order chi connectivity index (χ1) is 9.31. The van der Waals surface area contributed by atoms with Gasteiger partial charge in [-0.3, -0.25) is 0 Å². The normalized spacial score (nSPS) is 11.4. The summed E-state index contributed by atoms with van der Waals surface area (Å²) in [5.74, 6) is 1.48. The number of aromatic amines is 1. The number of rotatable bonds is 1. The summed E-state index contributed by atoms with van der Waals surface area (Å²) in [6.45, 7) is 0. The lowest BCUT2D eigenvalue weighted by Crippen LogP contribution is -1.75. The summed E-state index contributed by atoms with van der Waals surface area (Å²) >= 11 is 3.30. The molecule has 2 aromatic carbocycles. The third-order valence-corrected chi connectivity index (χ3v) is 3.61. The van der Waals surface area contributed by atoms with Crippen molar-refractivity contribution in [3.05, 3.63) is 53.2 Å². The number of nitrogens with zero attached hydrogens (tertiary/aromatic N) is 1. The molecule has 0 aliphatic heterocycles. The number of fused-ring (bicyclic) bond motifs is 3. The zero-order chi connectivity index (χ0) is 12.8. The van der Waals surface area contributed by atoms with Gasteiger partial charge in [-0.25, -0.2) is 4.98 Å². The molecule has 0 bridgehead atoms. The molecule has 0 saturated heterocycles. The van der Waals surface area contributed by atoms with E-state index in [4.69, 9.17) is 4.42 Å². The second-order valence-corrected chi connectivity index (χ2v) is 5.15. The maximum atomic E-state index is 5.53. The van der Waals surface area contributed by atoms with Gasteiger partial charge in [-0.05, 0) is 39.5 Å². The molecule has 0 radical (unpaired) electrons. The van der Waals surface area contributed by atoms with Crippen LogP contribution in [0.4, 0.5) is 0 Å². The second kappa shape index (κ2) is 3.96. The molecular weight excluding hydrogens is 304 g/mol. The SMILES string of the molecule is Brc1ccc(-c2nc3c(ccc4ccccc43)[nH]2)o1. The summed E-state index contributed by atoms with van der Waals surface area (Å²) in [7, 11) is 0. The van der Waals surface area contributed by atoms with Crippen LogP contribution in [0, 0.1) is 0 Å². The number of aromatic nitrogens is 2. The van der Waals surface area contributed by atoms with Gasteiger partial charge in [0, 0.05) is 5.39 Å². The Kier molecular flexibility index (Phi) is 2.26. The minimum Gasteiger partial charge on any atom is -0.446 e. The van der Waals surface area contributed by atoms with E-state index in [0.29, 0.717) is 4.67 Å². The molecule has 2 aromatic heterocycles. The molecule has 0 saturated carbocycles. The highest BCUT2D eigenvalue weighted by molar-refractivity contribution is 9.10. The third-order valence-electron chi connectivity index (χ3n) is 3.18. The molecule has 0 atom stereocenters. The van der Waals surface area contributed by atoms with Gasteiger partial charge in [-0.2, -0.15) is 0 Å². The fraction of sp³-hybridized carbons (Fsp3) is 0. The van der Waals surface area contributed by atoms with Crippen LogP contribution in [0.2, 0.25) is 0 Å². The van der Waals surface area contributed by atoms with E-state index >= 15 is 0 Å². The van der Waals surface area contributed by atoms with Gasteiger partial charge >= 0.3 is 0 Å². The fourth-order valence-electron chi connectivity index (χ4n) is 2.30. The summed E-state index contributed by atoms with van der Waals surface area (Å²) in [6.07, 6.45) is 0. The van der Waals surface area contributed by atoms with Gasteiger partial charge in [-0.1, -0.05) is 30.3 Å². The van der Waals surface area contributed by atoms with Crippen molar-refractivity contribution in [3.63, 3.8) is 0 Å². The number of hydrogen-bond donors (Lipinski definition) is 1. The van der Waals surface area contributed by atoms with Crippen molar-refractivity contribution in [2.45, 2.75) is 0 Å². The van der Waals surface area contributed by atoms with Gasteiger partial charge in [0.2, 0.25) is 0 Å². The Morgan fingerprint density at radius 3 is 2.74 bits per heavy atom. The Morgan fingerprint density at radius 2 is 1.89 bits per heavy atom. The van der Waals surface area contributed by atoms with E-state index in [9.17, 15) is 0 Å². The van der Waals surface area contributed by atoms with Crippen LogP contribution in [-0.4, -0.2) is 9.97 Å². The minimum absolute atomic E-state index is 0.702. The Hall–Kier alpha value is -2.07. The Balaban J connectivity index is 2.03. The van der Waals surface area contributed by atoms with Crippen LogP contribution in [0.25, 0.3) is 33.4 Å². The number of halogens is 1. The van der Waals surface area contributed by atoms with Gasteiger partial charge in [-0.15, -0.1) is 0 Å². The van der Waals surface area contributed by atoms with Gasteiger partial charge in [0.25, 0.3) is 0 Å². The molecule has 1 N–H and O–H groups in total. The van der Waals surface area contributed by atoms with Gasteiger partial charge in [0.15, 0.2) is 16.3 Å². The first-order valence-electron chi connectivity index (χ1n) is 5.94. The number of furan rings is 1. The minimum atomic E-state index is 0.702. The van der Waals surface area contributed by atoms with Gasteiger partial charge in [0.05, 0.1) is 11.0 Å². The Morgan fingerprint density at radius 1 is 1.00 bits per heavy atom. The van der Waals surface area contributed by atoms with E-state index in [1.807, 2.05) is 30.3 Å². The first kappa shape index (κ1) is 10.8. The maximum absolute atomic E-state index is 5.53. The van der Waals surface area contributed by atoms with E-state index in [0.717, 1.165) is 28.0 Å². The molecule has 0 aliphatic carbocycles. The third kappa shape index (κ3) is 1.68. The number of hydrogen-bond acceptors (Lipinski definition) is 2. The molecule has 0 aliphatic rings. The zero-order valence-electron chi connectivity index (χ0n) is 9.85. The van der Waals surface area contributed by atoms with E-state index in [1.165, 1.54) is 5.39 Å². The molecule has 0 fully saturated rings. The highest BCUT2D eigenvalue weighted by Crippen LogP contribution is 2.28. The van der Waals surface area contributed by atoms with Crippen molar-refractivity contribution in [1.29, 1.82) is 0 Å². The van der Waals surface area contributed by atoms with Crippen LogP contribution in [0.3, 0.4) is 0 Å². The van der Waals surface area contributed by atoms with Crippen LogP contribution in [-0.2, 0) is 0 Å². The van der Waals surface area contributed by atoms with E-state index in [-0.39, 0.29) is 0 Å². The van der Waals surface area contributed by atoms with E-state index in [2.05, 4.69) is 44.1 Å². The Bertz CT molecular complexity index is 891. The van der Waals surface area contributed by atoms with Crippen LogP contribution < -0.4 is 0 Å². The van der Waals surface area contributed by atoms with Crippen LogP contribution in [0.1, 0.15) is 0 Å². The summed E-state index contributed by atoms with van der Waals surface area (Å²) in [5, 5.41) is 2.33. The summed E-state index contributed by atoms with van der Waals surface area (Å²) in [6, 6.07) is 16.1. The lowest BCUT2D eigenvalue weighted by atomic mass is 10.1. The molecule has 0 spiro atoms. The largest absolute Gasteiger partial charge is 0.446 e. The molecular formula is C15H9BrN2O. The summed E-state index contributed by atoms with van der Waals surface area (Å²) < 4.78 is 6.24. The summed E-state index contributed by atoms with van der Waals surface area (Å²) in [4.78, 5) is 7.95. The number of nitrogens with one attached hydrogen (secondary N) is 1. The molecule has 4 heteroatoms. The maximum Gasteiger partial charge on any atom is 0.174 e. The van der Waals surface area contributed by atoms with Crippen LogP contribution in [0.15, 0.2) is 57.6 Å². The first-order valence-corrected chi connectivity index (χ1v) is 6.74. The Labute approximate surface area is 117 Å². The zero-order valence-corrected chi connectivity index (χ0v) is 11.4. The monoisotopic (exact) mass is 312 g/mol. The topological polar surface area (TPSA) is 41.8 Å². The van der Waals surface area contributed by atoms with Crippen molar-refractivity contribution in [3.8, 4) is 11.6 Å². The molecule has 0 unspecified atom stereocenters. The van der Waals surface area contributed by atoms with Gasteiger partial charge < -0.3 is 9.40 Å². The second-order valence-electron chi connectivity index (χ2n) is 4.37. The lowest BCUT2D eigenvalue weighted by molar-refractivity contribution is 0.552. The quantitative estimate of drug-likeness (QED) is 0.551. The smallest absolute Gasteiger partial charge is 0.174 e. The average Bonchev–Trinajstić information content (AvgIpc) is 3.04.